The van der Waals surface area contributed by atoms with Gasteiger partial charge in [-0.2, -0.15) is 9.61 Å². The normalized spacial score (nSPS) is 14.6. The molecule has 0 unspecified atom stereocenters. The standard InChI is InChI=1S/C23H26N4O4S/c1-14(2)21-26-27-19(28)12-16(24-23(27)32-21)13-31-22(30)17-10-6-7-11-18(17)25-20(29)15-8-4-3-5-9-15/h6-7,10-12,14-15H,3-5,8-9,13H2,1-2H3,(H,25,29). The van der Waals surface area contributed by atoms with E-state index in [9.17, 15) is 14.4 Å². The van der Waals surface area contributed by atoms with E-state index in [1.165, 1.54) is 21.9 Å². The van der Waals surface area contributed by atoms with Crippen LogP contribution in [0.25, 0.3) is 4.96 Å². The Morgan fingerprint density at radius 1 is 1.22 bits per heavy atom. The molecule has 2 heterocycles. The third-order valence-electron chi connectivity index (χ3n) is 5.54. The number of fused-ring (bicyclic) bond motifs is 1. The fraction of sp³-hybridized carbons (Fsp3) is 0.435. The van der Waals surface area contributed by atoms with E-state index in [1.807, 2.05) is 13.8 Å². The van der Waals surface area contributed by atoms with E-state index in [1.54, 1.807) is 24.3 Å². The van der Waals surface area contributed by atoms with Crippen LogP contribution in [0, 0.1) is 5.92 Å². The molecule has 0 aliphatic heterocycles. The quantitative estimate of drug-likeness (QED) is 0.561. The predicted molar refractivity (Wildman–Crippen MR) is 122 cm³/mol. The van der Waals surface area contributed by atoms with Crippen molar-refractivity contribution in [2.24, 2.45) is 5.92 Å². The molecule has 4 rings (SSSR count). The molecule has 0 spiro atoms. The molecule has 0 radical (unpaired) electrons. The Morgan fingerprint density at radius 3 is 2.72 bits per heavy atom. The minimum atomic E-state index is -0.585. The van der Waals surface area contributed by atoms with Crippen molar-refractivity contribution in [3.05, 3.63) is 57.0 Å². The number of nitrogens with zero attached hydrogens (tertiary/aromatic N) is 3. The minimum Gasteiger partial charge on any atom is -0.456 e. The highest BCUT2D eigenvalue weighted by Crippen LogP contribution is 2.26. The number of nitrogens with one attached hydrogen (secondary N) is 1. The summed E-state index contributed by atoms with van der Waals surface area (Å²) in [5, 5.41) is 7.99. The third kappa shape index (κ3) is 4.88. The first kappa shape index (κ1) is 22.1. The molecule has 1 aromatic carbocycles. The average Bonchev–Trinajstić information content (AvgIpc) is 3.24. The van der Waals surface area contributed by atoms with Crippen LogP contribution in [-0.4, -0.2) is 26.5 Å². The topological polar surface area (TPSA) is 103 Å². The number of rotatable bonds is 6. The van der Waals surface area contributed by atoms with Gasteiger partial charge in [-0.3, -0.25) is 9.59 Å². The predicted octanol–water partition coefficient (Wildman–Crippen LogP) is 4.15. The number of carbonyl (C=O) groups excluding carboxylic acids is 2. The van der Waals surface area contributed by atoms with Crippen LogP contribution in [0.4, 0.5) is 5.69 Å². The van der Waals surface area contributed by atoms with Gasteiger partial charge in [-0.05, 0) is 25.0 Å². The van der Waals surface area contributed by atoms with Crippen LogP contribution < -0.4 is 10.9 Å². The number of ether oxygens (including phenoxy) is 1. The van der Waals surface area contributed by atoms with E-state index in [4.69, 9.17) is 4.74 Å². The fourth-order valence-corrected chi connectivity index (χ4v) is 4.69. The van der Waals surface area contributed by atoms with Crippen LogP contribution in [0.5, 0.6) is 0 Å². The second kappa shape index (κ2) is 9.60. The van der Waals surface area contributed by atoms with E-state index in [2.05, 4.69) is 15.4 Å². The molecule has 168 valence electrons. The number of para-hydroxylation sites is 1. The van der Waals surface area contributed by atoms with E-state index in [0.29, 0.717) is 16.3 Å². The maximum atomic E-state index is 12.7. The molecule has 8 nitrogen and oxygen atoms in total. The van der Waals surface area contributed by atoms with Gasteiger partial charge in [0.15, 0.2) is 0 Å². The Labute approximate surface area is 189 Å². The summed E-state index contributed by atoms with van der Waals surface area (Å²) in [4.78, 5) is 42.6. The smallest absolute Gasteiger partial charge is 0.340 e. The monoisotopic (exact) mass is 454 g/mol. The molecule has 1 saturated carbocycles. The van der Waals surface area contributed by atoms with Gasteiger partial charge in [0, 0.05) is 17.9 Å². The van der Waals surface area contributed by atoms with Gasteiger partial charge in [0.1, 0.15) is 11.6 Å². The molecule has 32 heavy (non-hydrogen) atoms. The lowest BCUT2D eigenvalue weighted by atomic mass is 9.88. The first-order valence-electron chi connectivity index (χ1n) is 10.9. The average molecular weight is 455 g/mol. The third-order valence-corrected chi connectivity index (χ3v) is 6.75. The lowest BCUT2D eigenvalue weighted by molar-refractivity contribution is -0.120. The van der Waals surface area contributed by atoms with E-state index < -0.39 is 5.97 Å². The molecule has 1 N–H and O–H groups in total. The highest BCUT2D eigenvalue weighted by atomic mass is 32.1. The van der Waals surface area contributed by atoms with Gasteiger partial charge in [0.05, 0.1) is 16.9 Å². The lowest BCUT2D eigenvalue weighted by Gasteiger charge is -2.21. The van der Waals surface area contributed by atoms with Crippen LogP contribution in [0.1, 0.15) is 72.9 Å². The molecule has 1 aliphatic rings. The summed E-state index contributed by atoms with van der Waals surface area (Å²) in [6, 6.07) is 8.11. The van der Waals surface area contributed by atoms with Crippen molar-refractivity contribution in [2.45, 2.75) is 58.5 Å². The highest BCUT2D eigenvalue weighted by molar-refractivity contribution is 7.16. The minimum absolute atomic E-state index is 0.0214. The molecular formula is C23H26N4O4S. The van der Waals surface area contributed by atoms with Crippen LogP contribution in [0.2, 0.25) is 0 Å². The van der Waals surface area contributed by atoms with Gasteiger partial charge in [-0.1, -0.05) is 56.6 Å². The van der Waals surface area contributed by atoms with Gasteiger partial charge in [0.25, 0.3) is 5.56 Å². The molecule has 1 aliphatic carbocycles. The zero-order valence-electron chi connectivity index (χ0n) is 18.2. The zero-order valence-corrected chi connectivity index (χ0v) is 19.0. The van der Waals surface area contributed by atoms with Crippen LogP contribution in [0.3, 0.4) is 0 Å². The maximum Gasteiger partial charge on any atom is 0.340 e. The van der Waals surface area contributed by atoms with E-state index in [-0.39, 0.29) is 35.5 Å². The molecule has 9 heteroatoms. The van der Waals surface area contributed by atoms with Crippen molar-refractivity contribution < 1.29 is 14.3 Å². The number of hydrogen-bond donors (Lipinski definition) is 1. The molecule has 3 aromatic rings. The molecule has 0 bridgehead atoms. The van der Waals surface area contributed by atoms with Crippen molar-refractivity contribution >= 4 is 33.9 Å². The first-order chi connectivity index (χ1) is 15.4. The van der Waals surface area contributed by atoms with Crippen LogP contribution in [-0.2, 0) is 16.1 Å². The fourth-order valence-electron chi connectivity index (χ4n) is 3.77. The van der Waals surface area contributed by atoms with Crippen LogP contribution >= 0.6 is 11.3 Å². The summed E-state index contributed by atoms with van der Waals surface area (Å²) < 4.78 is 6.69. The van der Waals surface area contributed by atoms with Gasteiger partial charge >= 0.3 is 5.97 Å². The van der Waals surface area contributed by atoms with Gasteiger partial charge < -0.3 is 10.1 Å². The van der Waals surface area contributed by atoms with Crippen molar-refractivity contribution in [1.29, 1.82) is 0 Å². The Kier molecular flexibility index (Phi) is 6.64. The summed E-state index contributed by atoms with van der Waals surface area (Å²) in [6.45, 7) is 3.84. The molecule has 1 amide bonds. The van der Waals surface area contributed by atoms with Crippen molar-refractivity contribution in [3.63, 3.8) is 0 Å². The Balaban J connectivity index is 1.46. The number of carbonyl (C=O) groups is 2. The second-order valence-corrected chi connectivity index (χ2v) is 9.31. The highest BCUT2D eigenvalue weighted by Gasteiger charge is 2.23. The van der Waals surface area contributed by atoms with Crippen molar-refractivity contribution in [2.75, 3.05) is 5.32 Å². The van der Waals surface area contributed by atoms with Crippen LogP contribution in [0.15, 0.2) is 35.1 Å². The number of hydrogen-bond acceptors (Lipinski definition) is 7. The van der Waals surface area contributed by atoms with E-state index in [0.717, 1.165) is 37.1 Å². The molecule has 2 aromatic heterocycles. The number of benzene rings is 1. The lowest BCUT2D eigenvalue weighted by Crippen LogP contribution is -2.25. The second-order valence-electron chi connectivity index (χ2n) is 8.32. The number of amides is 1. The number of esters is 1. The molecular weight excluding hydrogens is 428 g/mol. The molecule has 0 saturated heterocycles. The summed E-state index contributed by atoms with van der Waals surface area (Å²) in [5.41, 5.74) is 0.741. The molecule has 0 atom stereocenters. The molecule has 1 fully saturated rings. The van der Waals surface area contributed by atoms with Gasteiger partial charge in [-0.15, -0.1) is 0 Å². The maximum absolute atomic E-state index is 12.7. The van der Waals surface area contributed by atoms with Crippen molar-refractivity contribution in [1.82, 2.24) is 14.6 Å². The zero-order chi connectivity index (χ0) is 22.7. The van der Waals surface area contributed by atoms with Gasteiger partial charge in [0.2, 0.25) is 10.9 Å². The summed E-state index contributed by atoms with van der Waals surface area (Å²) in [6.07, 6.45) is 5.02. The number of aromatic nitrogens is 3. The summed E-state index contributed by atoms with van der Waals surface area (Å²) in [5.74, 6) is -0.482. The number of anilines is 1. The summed E-state index contributed by atoms with van der Waals surface area (Å²) >= 11 is 1.34. The SMILES string of the molecule is CC(C)c1nn2c(=O)cc(COC(=O)c3ccccc3NC(=O)C3CCCCC3)nc2s1. The first-order valence-corrected chi connectivity index (χ1v) is 11.7. The van der Waals surface area contributed by atoms with E-state index >= 15 is 0 Å². The van der Waals surface area contributed by atoms with Crippen molar-refractivity contribution in [3.8, 4) is 0 Å². The Hall–Kier alpha value is -3.07. The Morgan fingerprint density at radius 2 is 1.97 bits per heavy atom. The Bertz CT molecular complexity index is 1190. The van der Waals surface area contributed by atoms with Gasteiger partial charge in [-0.25, -0.2) is 9.78 Å². The summed E-state index contributed by atoms with van der Waals surface area (Å²) in [7, 11) is 0. The largest absolute Gasteiger partial charge is 0.456 e.